The molecule has 1 spiro atoms. The van der Waals surface area contributed by atoms with Crippen molar-refractivity contribution in [1.29, 1.82) is 5.26 Å². The van der Waals surface area contributed by atoms with Crippen molar-refractivity contribution < 1.29 is 27.8 Å². The zero-order valence-corrected chi connectivity index (χ0v) is 25.7. The number of aliphatic hydroxyl groups excluding tert-OH is 1. The number of anilines is 2. The predicted molar refractivity (Wildman–Crippen MR) is 165 cm³/mol. The normalized spacial score (nSPS) is 27.4. The van der Waals surface area contributed by atoms with Gasteiger partial charge in [-0.15, -0.1) is 11.3 Å². The first kappa shape index (κ1) is 28.9. The van der Waals surface area contributed by atoms with Crippen LogP contribution in [0.4, 0.5) is 24.0 Å². The number of fused-ring (bicyclic) bond motifs is 2. The average Bonchev–Trinajstić information content (AvgIpc) is 3.63. The molecule has 4 atom stereocenters. The number of nitrogens with two attached hydrogens (primary N) is 1. The number of nitrogen functional groups attached to an aromatic ring is 1. The van der Waals surface area contributed by atoms with E-state index in [9.17, 15) is 19.1 Å². The van der Waals surface area contributed by atoms with Gasteiger partial charge in [0.1, 0.15) is 41.0 Å². The lowest BCUT2D eigenvalue weighted by Gasteiger charge is -2.47. The molecule has 8 rings (SSSR count). The molecule has 3 N–H and O–H groups in total. The number of aliphatic hydroxyl groups is 1. The third-order valence-electron chi connectivity index (χ3n) is 9.99. The molecule has 4 aromatic rings. The smallest absolute Gasteiger partial charge is 0.319 e. The number of benzene rings is 2. The molecular weight excluding hydrogens is 629 g/mol. The largest absolute Gasteiger partial charge is 0.480 e. The number of halogens is 4. The monoisotopic (exact) mass is 656 g/mol. The summed E-state index contributed by atoms with van der Waals surface area (Å²) in [6, 6.07) is 4.44. The molecule has 5 heterocycles. The van der Waals surface area contributed by atoms with Crippen molar-refractivity contribution in [2.75, 3.05) is 43.9 Å². The van der Waals surface area contributed by atoms with E-state index in [1.807, 2.05) is 6.07 Å². The Morgan fingerprint density at radius 3 is 2.84 bits per heavy atom. The van der Waals surface area contributed by atoms with Gasteiger partial charge in [-0.05, 0) is 43.9 Å². The molecule has 9 nitrogen and oxygen atoms in total. The van der Waals surface area contributed by atoms with E-state index >= 15 is 4.39 Å². The van der Waals surface area contributed by atoms with Crippen molar-refractivity contribution in [2.45, 2.75) is 55.5 Å². The van der Waals surface area contributed by atoms with Crippen molar-refractivity contribution in [3.8, 4) is 29.0 Å². The van der Waals surface area contributed by atoms with Gasteiger partial charge in [0.25, 0.3) is 0 Å². The lowest BCUT2D eigenvalue weighted by molar-refractivity contribution is -0.117. The summed E-state index contributed by atoms with van der Waals surface area (Å²) in [5.74, 6) is -1.09. The van der Waals surface area contributed by atoms with Crippen LogP contribution in [0.2, 0.25) is 5.02 Å². The van der Waals surface area contributed by atoms with Gasteiger partial charge in [0, 0.05) is 31.0 Å². The number of alkyl halides is 1. The third-order valence-corrected chi connectivity index (χ3v) is 11.4. The molecular formula is C31H28ClF3N6O3S. The maximum Gasteiger partial charge on any atom is 0.319 e. The van der Waals surface area contributed by atoms with Gasteiger partial charge < -0.3 is 25.2 Å². The maximum atomic E-state index is 17.0. The van der Waals surface area contributed by atoms with Crippen LogP contribution in [0.1, 0.15) is 37.7 Å². The highest BCUT2D eigenvalue weighted by Crippen LogP contribution is 2.53. The van der Waals surface area contributed by atoms with Gasteiger partial charge in [0.2, 0.25) is 0 Å². The van der Waals surface area contributed by atoms with E-state index in [0.717, 1.165) is 30.7 Å². The van der Waals surface area contributed by atoms with Crippen LogP contribution < -0.4 is 20.1 Å². The molecule has 2 saturated heterocycles. The van der Waals surface area contributed by atoms with Gasteiger partial charge in [-0.25, -0.2) is 13.2 Å². The zero-order valence-electron chi connectivity index (χ0n) is 24.2. The molecule has 3 fully saturated rings. The first-order valence-electron chi connectivity index (χ1n) is 14.8. The van der Waals surface area contributed by atoms with E-state index in [0.29, 0.717) is 31.6 Å². The molecule has 3 aliphatic heterocycles. The van der Waals surface area contributed by atoms with Crippen molar-refractivity contribution in [3.63, 3.8) is 0 Å². The van der Waals surface area contributed by atoms with E-state index < -0.39 is 35.1 Å². The van der Waals surface area contributed by atoms with E-state index in [1.54, 1.807) is 11.9 Å². The van der Waals surface area contributed by atoms with Gasteiger partial charge in [0.05, 0.1) is 38.9 Å². The summed E-state index contributed by atoms with van der Waals surface area (Å²) in [4.78, 5) is 13.1. The molecule has 2 aromatic carbocycles. The Morgan fingerprint density at radius 2 is 2.11 bits per heavy atom. The number of likely N-dealkylation sites (N-methyl/N-ethyl adjacent to an activating group) is 1. The first-order chi connectivity index (χ1) is 21.6. The second-order valence-corrected chi connectivity index (χ2v) is 14.0. The number of aromatic nitrogens is 2. The number of hydrogen-bond donors (Lipinski definition) is 2. The van der Waals surface area contributed by atoms with Crippen molar-refractivity contribution >= 4 is 54.7 Å². The summed E-state index contributed by atoms with van der Waals surface area (Å²) < 4.78 is 59.1. The molecule has 0 radical (unpaired) electrons. The molecule has 0 bridgehead atoms. The van der Waals surface area contributed by atoms with E-state index in [1.165, 1.54) is 12.1 Å². The van der Waals surface area contributed by atoms with E-state index in [-0.39, 0.29) is 72.6 Å². The molecule has 4 aliphatic rings. The lowest BCUT2D eigenvalue weighted by Crippen LogP contribution is -2.61. The van der Waals surface area contributed by atoms with Gasteiger partial charge in [-0.1, -0.05) is 17.7 Å². The summed E-state index contributed by atoms with van der Waals surface area (Å²) >= 11 is 7.91. The summed E-state index contributed by atoms with van der Waals surface area (Å²) in [6.07, 6.45) is 1.28. The van der Waals surface area contributed by atoms with Crippen LogP contribution in [-0.2, 0) is 0 Å². The van der Waals surface area contributed by atoms with E-state index in [2.05, 4.69) is 14.9 Å². The highest BCUT2D eigenvalue weighted by atomic mass is 35.5. The molecule has 2 aromatic heterocycles. The molecule has 1 aliphatic carbocycles. The van der Waals surface area contributed by atoms with Crippen LogP contribution in [0, 0.1) is 23.0 Å². The second kappa shape index (κ2) is 9.96. The average molecular weight is 657 g/mol. The quantitative estimate of drug-likeness (QED) is 0.290. The fourth-order valence-corrected chi connectivity index (χ4v) is 8.94. The number of rotatable bonds is 4. The Bertz CT molecular complexity index is 1970. The Balaban J connectivity index is 1.36. The highest BCUT2D eigenvalue weighted by molar-refractivity contribution is 7.23. The van der Waals surface area contributed by atoms with Crippen LogP contribution in [-0.4, -0.2) is 76.7 Å². The minimum absolute atomic E-state index is 0.00738. The number of ether oxygens (including phenoxy) is 2. The standard InChI is InChI=1S/C31H28ClF3N6O3S/c1-40-12-31(7-5-18(31)42)44-25-21-24(38-29(39-28(21)40)43-13-30-6-2-8-41(30)11-14(33)9-30)23(35)20(22(25)32)15-3-4-17(34)26-19(15)16(10-36)27(37)45-26/h3-4,14,18,42H,2,5-9,11-13,37H2,1H3/t14-,18?,30+,31?/m1/s1. The molecule has 0 amide bonds. The molecule has 2 unspecified atom stereocenters. The Morgan fingerprint density at radius 1 is 1.29 bits per heavy atom. The number of nitriles is 1. The second-order valence-electron chi connectivity index (χ2n) is 12.6. The molecule has 45 heavy (non-hydrogen) atoms. The van der Waals surface area contributed by atoms with Gasteiger partial charge in [-0.2, -0.15) is 15.2 Å². The van der Waals surface area contributed by atoms with Crippen LogP contribution >= 0.6 is 22.9 Å². The van der Waals surface area contributed by atoms with E-state index in [4.69, 9.17) is 26.8 Å². The van der Waals surface area contributed by atoms with Crippen molar-refractivity contribution in [1.82, 2.24) is 14.9 Å². The van der Waals surface area contributed by atoms with Crippen LogP contribution in [0.5, 0.6) is 11.8 Å². The van der Waals surface area contributed by atoms with Crippen LogP contribution in [0.25, 0.3) is 32.1 Å². The zero-order chi connectivity index (χ0) is 31.4. The number of thiophene rings is 1. The first-order valence-corrected chi connectivity index (χ1v) is 16.0. The summed E-state index contributed by atoms with van der Waals surface area (Å²) in [5, 5.41) is 21.1. The van der Waals surface area contributed by atoms with Gasteiger partial charge in [0.15, 0.2) is 17.2 Å². The number of hydrogen-bond acceptors (Lipinski definition) is 10. The fraction of sp³-hybridized carbons (Fsp3) is 0.452. The van der Waals surface area contributed by atoms with Crippen LogP contribution in [0.15, 0.2) is 12.1 Å². The Labute approximate surface area is 264 Å². The molecule has 234 valence electrons. The fourth-order valence-electron chi connectivity index (χ4n) is 7.68. The van der Waals surface area contributed by atoms with Gasteiger partial charge >= 0.3 is 6.01 Å². The summed E-state index contributed by atoms with van der Waals surface area (Å²) in [5.41, 5.74) is 4.38. The molecule has 1 saturated carbocycles. The maximum absolute atomic E-state index is 17.0. The minimum atomic E-state index is -1.05. The Kier molecular flexibility index (Phi) is 6.39. The predicted octanol–water partition coefficient (Wildman–Crippen LogP) is 5.57. The minimum Gasteiger partial charge on any atom is -0.480 e. The van der Waals surface area contributed by atoms with Crippen molar-refractivity contribution in [3.05, 3.63) is 34.4 Å². The van der Waals surface area contributed by atoms with Crippen molar-refractivity contribution in [2.24, 2.45) is 0 Å². The topological polar surface area (TPSA) is 121 Å². The van der Waals surface area contributed by atoms with Gasteiger partial charge in [-0.3, -0.25) is 4.90 Å². The molecule has 14 heteroatoms. The highest BCUT2D eigenvalue weighted by Gasteiger charge is 2.52. The SMILES string of the molecule is CN1CC2(CCC2O)Oc2c(Cl)c(-c3ccc(F)c4sc(N)c(C#N)c34)c(F)c3nc(OC[C@@]45CCCN4C[C@H](F)C5)nc1c23. The van der Waals surface area contributed by atoms with Crippen LogP contribution in [0.3, 0.4) is 0 Å². The lowest BCUT2D eigenvalue weighted by atomic mass is 9.76. The number of nitrogens with zero attached hydrogens (tertiary/aromatic N) is 5. The summed E-state index contributed by atoms with van der Waals surface area (Å²) in [6.45, 7) is 1.49. The summed E-state index contributed by atoms with van der Waals surface area (Å²) in [7, 11) is 1.76. The Hall–Kier alpha value is -3.57. The third kappa shape index (κ3) is 4.05.